The Hall–Kier alpha value is -3.04. The van der Waals surface area contributed by atoms with Gasteiger partial charge in [-0.2, -0.15) is 0 Å². The molecule has 2 N–H and O–H groups in total. The molecule has 1 saturated heterocycles. The lowest BCUT2D eigenvalue weighted by Crippen LogP contribution is -2.70. The van der Waals surface area contributed by atoms with E-state index in [4.69, 9.17) is 9.47 Å². The number of carbonyl (C=O) groups excluding carboxylic acids is 2. The van der Waals surface area contributed by atoms with E-state index in [1.165, 1.54) is 23.3 Å². The first-order valence-electron chi connectivity index (χ1n) is 15.5. The van der Waals surface area contributed by atoms with Crippen LogP contribution in [0, 0.1) is 29.6 Å². The number of aryl methyl sites for hydroxylation is 1. The molecule has 4 aliphatic carbocycles. The Kier molecular flexibility index (Phi) is 6.73. The van der Waals surface area contributed by atoms with Crippen molar-refractivity contribution in [1.29, 1.82) is 0 Å². The zero-order chi connectivity index (χ0) is 31.2. The molecule has 0 amide bonds. The Morgan fingerprint density at radius 3 is 2.34 bits per heavy atom. The Labute approximate surface area is 255 Å². The maximum Gasteiger partial charge on any atom is 0.193 e. The summed E-state index contributed by atoms with van der Waals surface area (Å²) < 4.78 is 46.3. The number of fused-ring (bicyclic) bond motifs is 7. The maximum absolute atomic E-state index is 17.5. The lowest BCUT2D eigenvalue weighted by atomic mass is 9.44. The van der Waals surface area contributed by atoms with Gasteiger partial charge in [-0.05, 0) is 74.3 Å². The highest BCUT2D eigenvalue weighted by atomic mass is 19.1. The molecule has 4 fully saturated rings. The third-order valence-electron chi connectivity index (χ3n) is 11.7. The normalized spacial score (nSPS) is 42.2. The molecule has 0 radical (unpaired) electrons. The maximum atomic E-state index is 17.5. The van der Waals surface area contributed by atoms with Crippen LogP contribution in [0.1, 0.15) is 61.7 Å². The summed E-state index contributed by atoms with van der Waals surface area (Å²) >= 11 is 0. The van der Waals surface area contributed by atoms with Gasteiger partial charge in [0.2, 0.25) is 0 Å². The number of ether oxygens (including phenoxy) is 2. The predicted octanol–water partition coefficient (Wildman–Crippen LogP) is 5.23. The highest BCUT2D eigenvalue weighted by Crippen LogP contribution is 2.72. The molecule has 2 aromatic rings. The molecule has 1 heterocycles. The zero-order valence-electron chi connectivity index (χ0n) is 25.1. The summed E-state index contributed by atoms with van der Waals surface area (Å²) in [5.41, 5.74) is -2.39. The largest absolute Gasteiger partial charge is 0.390 e. The van der Waals surface area contributed by atoms with E-state index in [1.807, 2.05) is 31.2 Å². The van der Waals surface area contributed by atoms with E-state index in [0.717, 1.165) is 18.1 Å². The minimum atomic E-state index is -2.28. The van der Waals surface area contributed by atoms with Crippen LogP contribution in [0.2, 0.25) is 0 Å². The van der Waals surface area contributed by atoms with E-state index in [0.29, 0.717) is 5.56 Å². The lowest BCUT2D eigenvalue weighted by Gasteiger charge is -2.63. The molecular weight excluding hydrogens is 566 g/mol. The van der Waals surface area contributed by atoms with Crippen molar-refractivity contribution in [2.75, 3.05) is 6.61 Å². The summed E-state index contributed by atoms with van der Waals surface area (Å²) in [4.78, 5) is 25.8. The number of carbonyl (C=O) groups is 2. The van der Waals surface area contributed by atoms with Crippen LogP contribution < -0.4 is 0 Å². The van der Waals surface area contributed by atoms with Crippen LogP contribution in [-0.2, 0) is 25.5 Å². The standard InChI is InChI=1S/C36H38F2O6/c1-20-4-6-21(7-5-20)14-22-8-10-23(11-9-22)32-43-31-17-25-26-16-28(37)27-15-24(40)12-13-33(27,2)35(26,38)29(41)18-34(25,3)36(31,44-32)30(42)19-39/h4-13,15,25-26,28-29,31-32,39,41H,14,16-19H2,1-3H3/t25-,26-,28-,29-,31+,32-,33-,34-,35-,36+/m0/s1. The number of Topliss-reactive ketones (excluding diaryl/α,β-unsaturated/α-hetero) is 1. The average molecular weight is 605 g/mol. The second kappa shape index (κ2) is 9.98. The van der Waals surface area contributed by atoms with Gasteiger partial charge in [0.1, 0.15) is 12.8 Å². The number of rotatable bonds is 5. The first-order valence-corrected chi connectivity index (χ1v) is 15.5. The van der Waals surface area contributed by atoms with Crippen LogP contribution in [0.25, 0.3) is 0 Å². The van der Waals surface area contributed by atoms with Crippen molar-refractivity contribution in [2.45, 2.75) is 82.4 Å². The molecule has 0 bridgehead atoms. The van der Waals surface area contributed by atoms with Crippen molar-refractivity contribution >= 4 is 11.6 Å². The van der Waals surface area contributed by atoms with Crippen LogP contribution in [0.4, 0.5) is 8.78 Å². The van der Waals surface area contributed by atoms with Gasteiger partial charge >= 0.3 is 0 Å². The van der Waals surface area contributed by atoms with E-state index in [-0.39, 0.29) is 24.8 Å². The number of allylic oxidation sites excluding steroid dienone is 4. The Bertz CT molecular complexity index is 1570. The molecule has 0 unspecified atom stereocenters. The number of halogens is 2. The van der Waals surface area contributed by atoms with Crippen molar-refractivity contribution in [1.82, 2.24) is 0 Å². The van der Waals surface area contributed by atoms with E-state index >= 15 is 8.78 Å². The van der Waals surface area contributed by atoms with E-state index in [1.54, 1.807) is 13.8 Å². The molecule has 10 atom stereocenters. The number of aliphatic hydroxyl groups excluding tert-OH is 2. The number of hydrogen-bond donors (Lipinski definition) is 2. The zero-order valence-corrected chi connectivity index (χ0v) is 25.1. The molecule has 8 heteroatoms. The number of aliphatic hydroxyl groups is 2. The molecule has 5 aliphatic rings. The molecule has 232 valence electrons. The summed E-state index contributed by atoms with van der Waals surface area (Å²) in [5, 5.41) is 21.8. The molecular formula is C36H38F2O6. The first-order chi connectivity index (χ1) is 20.9. The van der Waals surface area contributed by atoms with E-state index in [9.17, 15) is 19.8 Å². The molecule has 7 rings (SSSR count). The van der Waals surface area contributed by atoms with Gasteiger partial charge in [-0.3, -0.25) is 9.59 Å². The summed E-state index contributed by atoms with van der Waals surface area (Å²) in [6.45, 7) is 4.56. The molecule has 3 saturated carbocycles. The van der Waals surface area contributed by atoms with Crippen LogP contribution in [0.5, 0.6) is 0 Å². The highest BCUT2D eigenvalue weighted by Gasteiger charge is 2.80. The number of benzene rings is 2. The molecule has 0 aromatic heterocycles. The van der Waals surface area contributed by atoms with Gasteiger partial charge in [-0.15, -0.1) is 0 Å². The van der Waals surface area contributed by atoms with E-state index < -0.39 is 76.8 Å². The van der Waals surface area contributed by atoms with Gasteiger partial charge in [0.15, 0.2) is 29.1 Å². The average Bonchev–Trinajstić information content (AvgIpc) is 3.50. The fourth-order valence-corrected chi connectivity index (χ4v) is 9.45. The predicted molar refractivity (Wildman–Crippen MR) is 158 cm³/mol. The topological polar surface area (TPSA) is 93.1 Å². The smallest absolute Gasteiger partial charge is 0.193 e. The Balaban J connectivity index is 1.21. The number of ketones is 2. The Morgan fingerprint density at radius 2 is 1.68 bits per heavy atom. The monoisotopic (exact) mass is 604 g/mol. The van der Waals surface area contributed by atoms with E-state index in [2.05, 4.69) is 24.3 Å². The minimum Gasteiger partial charge on any atom is -0.390 e. The Morgan fingerprint density at radius 1 is 1.02 bits per heavy atom. The number of hydrogen-bond acceptors (Lipinski definition) is 6. The molecule has 1 aliphatic heterocycles. The number of alkyl halides is 2. The quantitative estimate of drug-likeness (QED) is 0.486. The van der Waals surface area contributed by atoms with Gasteiger partial charge in [0.25, 0.3) is 0 Å². The summed E-state index contributed by atoms with van der Waals surface area (Å²) in [6, 6.07) is 16.1. The molecule has 2 aromatic carbocycles. The van der Waals surface area contributed by atoms with Gasteiger partial charge in [0.05, 0.1) is 12.2 Å². The van der Waals surface area contributed by atoms with Crippen molar-refractivity contribution in [3.05, 3.63) is 94.6 Å². The first kappa shape index (κ1) is 29.7. The summed E-state index contributed by atoms with van der Waals surface area (Å²) in [5.74, 6) is -2.56. The van der Waals surface area contributed by atoms with Crippen molar-refractivity contribution < 1.29 is 38.1 Å². The summed E-state index contributed by atoms with van der Waals surface area (Å²) in [6.07, 6.45) is -0.544. The van der Waals surface area contributed by atoms with Crippen LogP contribution in [0.3, 0.4) is 0 Å². The lowest BCUT2D eigenvalue weighted by molar-refractivity contribution is -0.235. The molecule has 0 spiro atoms. The van der Waals surface area contributed by atoms with Crippen LogP contribution >= 0.6 is 0 Å². The fraction of sp³-hybridized carbons (Fsp3) is 0.500. The SMILES string of the molecule is Cc1ccc(Cc2ccc([C@H]3O[C@@H]4C[C@H]5[C@@H]6C[C@H](F)C7=CC(=O)C=C[C@]7(C)[C@@]6(F)[C@@H](O)C[C@]5(C)[C@]4(C(=O)CO)O3)cc2)cc1. The van der Waals surface area contributed by atoms with Gasteiger partial charge < -0.3 is 19.7 Å². The second-order valence-corrected chi connectivity index (χ2v) is 13.9. The highest BCUT2D eigenvalue weighted by molar-refractivity contribution is 6.01. The van der Waals surface area contributed by atoms with Crippen molar-refractivity contribution in [2.24, 2.45) is 22.7 Å². The minimum absolute atomic E-state index is 0.0455. The molecule has 44 heavy (non-hydrogen) atoms. The van der Waals surface area contributed by atoms with Crippen LogP contribution in [-0.4, -0.2) is 58.0 Å². The second-order valence-electron chi connectivity index (χ2n) is 13.9. The van der Waals surface area contributed by atoms with Crippen LogP contribution in [0.15, 0.2) is 72.3 Å². The van der Waals surface area contributed by atoms with Crippen molar-refractivity contribution in [3.8, 4) is 0 Å². The third-order valence-corrected chi connectivity index (χ3v) is 11.7. The fourth-order valence-electron chi connectivity index (χ4n) is 9.45. The van der Waals surface area contributed by atoms with Gasteiger partial charge in [0, 0.05) is 22.3 Å². The van der Waals surface area contributed by atoms with Gasteiger partial charge in [-0.1, -0.05) is 67.1 Å². The molecule has 6 nitrogen and oxygen atoms in total. The van der Waals surface area contributed by atoms with Gasteiger partial charge in [-0.25, -0.2) is 8.78 Å². The summed E-state index contributed by atoms with van der Waals surface area (Å²) in [7, 11) is 0. The third kappa shape index (κ3) is 3.84. The van der Waals surface area contributed by atoms with Crippen molar-refractivity contribution in [3.63, 3.8) is 0 Å².